The number of nitrogens with two attached hydrogens (primary N) is 1. The molecule has 1 fully saturated rings. The third-order valence-corrected chi connectivity index (χ3v) is 6.79. The molecule has 0 bridgehead atoms. The molecule has 0 aromatic carbocycles. The number of aldehydes is 1. The molecule has 7 heteroatoms. The van der Waals surface area contributed by atoms with Gasteiger partial charge >= 0.3 is 0 Å². The predicted molar refractivity (Wildman–Crippen MR) is 112 cm³/mol. The zero-order valence-corrected chi connectivity index (χ0v) is 16.7. The SMILES string of the molecule is CC(N)C1CCC(C=O)(CNc2ccnc3[nH]c(-c4ccsc4F)cc23)CC1. The minimum Gasteiger partial charge on any atom is -0.383 e. The van der Waals surface area contributed by atoms with Crippen molar-refractivity contribution in [2.45, 2.75) is 38.6 Å². The van der Waals surface area contributed by atoms with Crippen LogP contribution in [0.2, 0.25) is 0 Å². The lowest BCUT2D eigenvalue weighted by Gasteiger charge is -2.37. The number of carbonyl (C=O) groups excluding carboxylic acids is 1. The Bertz CT molecular complexity index is 972. The Kier molecular flexibility index (Phi) is 5.21. The van der Waals surface area contributed by atoms with Gasteiger partial charge in [-0.1, -0.05) is 0 Å². The predicted octanol–water partition coefficient (Wildman–Crippen LogP) is 4.57. The Morgan fingerprint density at radius 3 is 2.89 bits per heavy atom. The largest absolute Gasteiger partial charge is 0.383 e. The molecule has 0 saturated heterocycles. The Morgan fingerprint density at radius 1 is 1.46 bits per heavy atom. The summed E-state index contributed by atoms with van der Waals surface area (Å²) in [6, 6.07) is 5.75. The van der Waals surface area contributed by atoms with Gasteiger partial charge in [-0.05, 0) is 62.1 Å². The van der Waals surface area contributed by atoms with Crippen molar-refractivity contribution in [2.75, 3.05) is 11.9 Å². The van der Waals surface area contributed by atoms with Crippen molar-refractivity contribution in [2.24, 2.45) is 17.1 Å². The molecule has 3 aromatic rings. The van der Waals surface area contributed by atoms with Crippen LogP contribution in [0.15, 0.2) is 29.8 Å². The molecule has 0 radical (unpaired) electrons. The summed E-state index contributed by atoms with van der Waals surface area (Å²) in [5.74, 6) is 0.494. The molecule has 1 atom stereocenters. The number of anilines is 1. The van der Waals surface area contributed by atoms with Crippen molar-refractivity contribution in [3.8, 4) is 11.3 Å². The van der Waals surface area contributed by atoms with E-state index in [1.807, 2.05) is 19.1 Å². The Hall–Kier alpha value is -2.25. The van der Waals surface area contributed by atoms with Gasteiger partial charge in [-0.25, -0.2) is 4.98 Å². The van der Waals surface area contributed by atoms with Crippen molar-refractivity contribution in [1.82, 2.24) is 9.97 Å². The summed E-state index contributed by atoms with van der Waals surface area (Å²) in [5, 5.41) is 5.86. The molecule has 4 N–H and O–H groups in total. The Morgan fingerprint density at radius 2 is 2.25 bits per heavy atom. The van der Waals surface area contributed by atoms with Gasteiger partial charge in [-0.3, -0.25) is 0 Å². The van der Waals surface area contributed by atoms with Crippen LogP contribution >= 0.6 is 11.3 Å². The number of carbonyl (C=O) groups is 1. The first kappa shape index (κ1) is 19.1. The van der Waals surface area contributed by atoms with Gasteiger partial charge in [-0.15, -0.1) is 11.3 Å². The number of pyridine rings is 1. The molecule has 4 rings (SSSR count). The second-order valence-electron chi connectivity index (χ2n) is 7.94. The second-order valence-corrected chi connectivity index (χ2v) is 8.81. The summed E-state index contributed by atoms with van der Waals surface area (Å²) >= 11 is 1.08. The average molecular weight is 401 g/mol. The number of rotatable bonds is 6. The maximum Gasteiger partial charge on any atom is 0.185 e. The number of H-pyrrole nitrogens is 1. The van der Waals surface area contributed by atoms with Gasteiger partial charge in [-0.2, -0.15) is 4.39 Å². The summed E-state index contributed by atoms with van der Waals surface area (Å²) < 4.78 is 14.0. The minimum absolute atomic E-state index is 0.174. The van der Waals surface area contributed by atoms with Crippen molar-refractivity contribution in [3.63, 3.8) is 0 Å². The number of nitrogens with one attached hydrogen (secondary N) is 2. The van der Waals surface area contributed by atoms with Crippen LogP contribution < -0.4 is 11.1 Å². The molecule has 3 aromatic heterocycles. The van der Waals surface area contributed by atoms with Crippen LogP contribution in [-0.4, -0.2) is 28.8 Å². The van der Waals surface area contributed by atoms with Gasteiger partial charge in [0.25, 0.3) is 0 Å². The first-order valence-corrected chi connectivity index (χ1v) is 10.6. The molecule has 1 unspecified atom stereocenters. The third kappa shape index (κ3) is 3.56. The van der Waals surface area contributed by atoms with E-state index in [9.17, 15) is 9.18 Å². The van der Waals surface area contributed by atoms with Crippen LogP contribution in [0.3, 0.4) is 0 Å². The monoisotopic (exact) mass is 400 g/mol. The quantitative estimate of drug-likeness (QED) is 0.530. The zero-order chi connectivity index (χ0) is 19.7. The summed E-state index contributed by atoms with van der Waals surface area (Å²) in [5.41, 5.74) is 8.53. The fraction of sp³-hybridized carbons (Fsp3) is 0.429. The van der Waals surface area contributed by atoms with E-state index in [0.29, 0.717) is 29.4 Å². The van der Waals surface area contributed by atoms with E-state index in [2.05, 4.69) is 15.3 Å². The van der Waals surface area contributed by atoms with Gasteiger partial charge in [0, 0.05) is 40.8 Å². The number of thiophene rings is 1. The van der Waals surface area contributed by atoms with Crippen molar-refractivity contribution in [3.05, 3.63) is 34.9 Å². The molecule has 3 heterocycles. The van der Waals surface area contributed by atoms with E-state index in [1.54, 1.807) is 17.6 Å². The highest BCUT2D eigenvalue weighted by Crippen LogP contribution is 2.39. The normalized spacial score (nSPS) is 23.6. The minimum atomic E-state index is -0.362. The molecule has 0 spiro atoms. The molecule has 28 heavy (non-hydrogen) atoms. The van der Waals surface area contributed by atoms with Crippen molar-refractivity contribution in [1.29, 1.82) is 0 Å². The first-order chi connectivity index (χ1) is 13.5. The average Bonchev–Trinajstić information content (AvgIpc) is 3.32. The zero-order valence-electron chi connectivity index (χ0n) is 15.9. The van der Waals surface area contributed by atoms with Gasteiger partial charge < -0.3 is 20.8 Å². The standard InChI is InChI=1S/C21H25FN4OS/c1-13(23)14-2-6-21(12-27,7-3-14)11-25-17-4-8-24-20-16(17)10-18(26-20)15-5-9-28-19(15)22/h4-5,8-10,12-14H,2-3,6-7,11,23H2,1H3,(H2,24,25,26). The molecular formula is C21H25FN4OS. The van der Waals surface area contributed by atoms with Crippen molar-refractivity contribution < 1.29 is 9.18 Å². The highest BCUT2D eigenvalue weighted by atomic mass is 32.1. The summed E-state index contributed by atoms with van der Waals surface area (Å²) in [6.45, 7) is 2.62. The number of aromatic nitrogens is 2. The van der Waals surface area contributed by atoms with E-state index >= 15 is 0 Å². The lowest BCUT2D eigenvalue weighted by Crippen LogP contribution is -2.39. The third-order valence-electron chi connectivity index (χ3n) is 6.09. The van der Waals surface area contributed by atoms with Gasteiger partial charge in [0.2, 0.25) is 0 Å². The Labute approximate surface area is 167 Å². The lowest BCUT2D eigenvalue weighted by molar-refractivity contribution is -0.117. The molecule has 0 aliphatic heterocycles. The Balaban J connectivity index is 1.54. The smallest absolute Gasteiger partial charge is 0.185 e. The highest BCUT2D eigenvalue weighted by molar-refractivity contribution is 7.08. The number of hydrogen-bond acceptors (Lipinski definition) is 5. The molecule has 148 valence electrons. The number of nitrogens with zero attached hydrogens (tertiary/aromatic N) is 1. The number of hydrogen-bond donors (Lipinski definition) is 3. The maximum absolute atomic E-state index is 14.0. The van der Waals surface area contributed by atoms with E-state index in [-0.39, 0.29) is 16.6 Å². The topological polar surface area (TPSA) is 83.8 Å². The van der Waals surface area contributed by atoms with Crippen molar-refractivity contribution >= 4 is 34.3 Å². The number of fused-ring (bicyclic) bond motifs is 1. The molecule has 0 amide bonds. The molecule has 5 nitrogen and oxygen atoms in total. The van der Waals surface area contributed by atoms with Crippen LogP contribution in [0.25, 0.3) is 22.3 Å². The lowest BCUT2D eigenvalue weighted by atomic mass is 9.70. The van der Waals surface area contributed by atoms with E-state index in [4.69, 9.17) is 5.73 Å². The number of halogens is 1. The molecular weight excluding hydrogens is 375 g/mol. The number of aromatic amines is 1. The first-order valence-electron chi connectivity index (χ1n) is 9.68. The highest BCUT2D eigenvalue weighted by Gasteiger charge is 2.36. The van der Waals surface area contributed by atoms with E-state index in [0.717, 1.165) is 54.4 Å². The van der Waals surface area contributed by atoms with E-state index in [1.165, 1.54) is 0 Å². The van der Waals surface area contributed by atoms with Gasteiger partial charge in [0.15, 0.2) is 5.13 Å². The summed E-state index contributed by atoms with van der Waals surface area (Å²) in [7, 11) is 0. The van der Waals surface area contributed by atoms with Crippen LogP contribution in [0.1, 0.15) is 32.6 Å². The van der Waals surface area contributed by atoms with Crippen LogP contribution in [0.4, 0.5) is 10.1 Å². The fourth-order valence-electron chi connectivity index (χ4n) is 4.16. The van der Waals surface area contributed by atoms with Crippen LogP contribution in [0, 0.1) is 16.5 Å². The summed E-state index contributed by atoms with van der Waals surface area (Å²) in [6.07, 6.45) is 6.49. The van der Waals surface area contributed by atoms with Gasteiger partial charge in [0.1, 0.15) is 11.9 Å². The summed E-state index contributed by atoms with van der Waals surface area (Å²) in [4.78, 5) is 19.5. The van der Waals surface area contributed by atoms with Gasteiger partial charge in [0.05, 0.1) is 5.69 Å². The van der Waals surface area contributed by atoms with Crippen LogP contribution in [0.5, 0.6) is 0 Å². The molecule has 1 saturated carbocycles. The fourth-order valence-corrected chi connectivity index (χ4v) is 4.79. The van der Waals surface area contributed by atoms with Crippen LogP contribution in [-0.2, 0) is 4.79 Å². The molecule has 1 aliphatic carbocycles. The maximum atomic E-state index is 14.0. The van der Waals surface area contributed by atoms with E-state index < -0.39 is 0 Å². The second kappa shape index (κ2) is 7.64. The molecule has 1 aliphatic rings.